The second-order valence-electron chi connectivity index (χ2n) is 5.72. The van der Waals surface area contributed by atoms with Crippen molar-refractivity contribution in [2.45, 2.75) is 25.3 Å². The van der Waals surface area contributed by atoms with Gasteiger partial charge in [0.15, 0.2) is 0 Å². The Balaban J connectivity index is 1.69. The SMILES string of the molecule is CNC(COCCC1CC1)c1cccc2ccccc12. The summed E-state index contributed by atoms with van der Waals surface area (Å²) in [6.45, 7) is 1.64. The van der Waals surface area contributed by atoms with Gasteiger partial charge in [0.1, 0.15) is 0 Å². The third-order valence-corrected chi connectivity index (χ3v) is 4.20. The molecule has 1 N–H and O–H groups in total. The zero-order valence-electron chi connectivity index (χ0n) is 12.1. The molecule has 0 amide bonds. The molecule has 2 aromatic carbocycles. The smallest absolute Gasteiger partial charge is 0.0661 e. The van der Waals surface area contributed by atoms with Crippen LogP contribution < -0.4 is 5.32 Å². The van der Waals surface area contributed by atoms with Crippen LogP contribution in [-0.4, -0.2) is 20.3 Å². The van der Waals surface area contributed by atoms with Gasteiger partial charge in [-0.1, -0.05) is 55.3 Å². The molecule has 0 heterocycles. The normalized spacial score (nSPS) is 16.4. The van der Waals surface area contributed by atoms with Crippen LogP contribution in [0.2, 0.25) is 0 Å². The molecule has 2 nitrogen and oxygen atoms in total. The molecule has 2 heteroatoms. The van der Waals surface area contributed by atoms with Gasteiger partial charge >= 0.3 is 0 Å². The van der Waals surface area contributed by atoms with Crippen molar-refractivity contribution < 1.29 is 4.74 Å². The van der Waals surface area contributed by atoms with E-state index in [2.05, 4.69) is 47.8 Å². The van der Waals surface area contributed by atoms with E-state index < -0.39 is 0 Å². The van der Waals surface area contributed by atoms with Crippen LogP contribution in [0.1, 0.15) is 30.9 Å². The Bertz CT molecular complexity index is 557. The maximum Gasteiger partial charge on any atom is 0.0661 e. The lowest BCUT2D eigenvalue weighted by Gasteiger charge is -2.19. The van der Waals surface area contributed by atoms with E-state index in [0.29, 0.717) is 0 Å². The van der Waals surface area contributed by atoms with Crippen molar-refractivity contribution in [3.05, 3.63) is 48.0 Å². The summed E-state index contributed by atoms with van der Waals surface area (Å²) in [6.07, 6.45) is 4.04. The summed E-state index contributed by atoms with van der Waals surface area (Å²) in [4.78, 5) is 0. The molecular weight excluding hydrogens is 246 g/mol. The van der Waals surface area contributed by atoms with Gasteiger partial charge < -0.3 is 10.1 Å². The molecular formula is C18H23NO. The number of hydrogen-bond acceptors (Lipinski definition) is 2. The molecule has 106 valence electrons. The van der Waals surface area contributed by atoms with Gasteiger partial charge in [-0.3, -0.25) is 0 Å². The maximum atomic E-state index is 5.88. The molecule has 1 fully saturated rings. The molecule has 1 aliphatic carbocycles. The third kappa shape index (κ3) is 3.20. The van der Waals surface area contributed by atoms with E-state index in [1.54, 1.807) is 0 Å². The van der Waals surface area contributed by atoms with Gasteiger partial charge in [0, 0.05) is 6.61 Å². The topological polar surface area (TPSA) is 21.3 Å². The van der Waals surface area contributed by atoms with Crippen LogP contribution in [0.5, 0.6) is 0 Å². The fourth-order valence-corrected chi connectivity index (χ4v) is 2.74. The van der Waals surface area contributed by atoms with Crippen molar-refractivity contribution in [1.82, 2.24) is 5.32 Å². The Hall–Kier alpha value is -1.38. The number of rotatable bonds is 7. The zero-order chi connectivity index (χ0) is 13.8. The fourth-order valence-electron chi connectivity index (χ4n) is 2.74. The molecule has 1 aliphatic rings. The molecule has 3 rings (SSSR count). The first-order valence-corrected chi connectivity index (χ1v) is 7.61. The molecule has 20 heavy (non-hydrogen) atoms. The van der Waals surface area contributed by atoms with Crippen LogP contribution in [0, 0.1) is 5.92 Å². The van der Waals surface area contributed by atoms with Gasteiger partial charge in [-0.05, 0) is 35.7 Å². The van der Waals surface area contributed by atoms with Crippen LogP contribution in [0.3, 0.4) is 0 Å². The van der Waals surface area contributed by atoms with E-state index in [0.717, 1.165) is 19.1 Å². The average molecular weight is 269 g/mol. The van der Waals surface area contributed by atoms with Crippen LogP contribution >= 0.6 is 0 Å². The van der Waals surface area contributed by atoms with Crippen molar-refractivity contribution in [2.24, 2.45) is 5.92 Å². The highest BCUT2D eigenvalue weighted by atomic mass is 16.5. The van der Waals surface area contributed by atoms with E-state index in [1.165, 1.54) is 35.6 Å². The molecule has 0 aromatic heterocycles. The molecule has 0 aliphatic heterocycles. The predicted molar refractivity (Wildman–Crippen MR) is 83.9 cm³/mol. The summed E-state index contributed by atoms with van der Waals surface area (Å²) in [5, 5.41) is 6.00. The van der Waals surface area contributed by atoms with Crippen LogP contribution in [-0.2, 0) is 4.74 Å². The lowest BCUT2D eigenvalue weighted by Crippen LogP contribution is -2.22. The summed E-state index contributed by atoms with van der Waals surface area (Å²) in [7, 11) is 2.01. The van der Waals surface area contributed by atoms with Crippen molar-refractivity contribution in [2.75, 3.05) is 20.3 Å². The highest BCUT2D eigenvalue weighted by molar-refractivity contribution is 5.86. The Morgan fingerprint density at radius 1 is 1.15 bits per heavy atom. The number of hydrogen-bond donors (Lipinski definition) is 1. The fraction of sp³-hybridized carbons (Fsp3) is 0.444. The number of fused-ring (bicyclic) bond motifs is 1. The monoisotopic (exact) mass is 269 g/mol. The molecule has 1 unspecified atom stereocenters. The zero-order valence-corrected chi connectivity index (χ0v) is 12.1. The van der Waals surface area contributed by atoms with E-state index in [-0.39, 0.29) is 6.04 Å². The molecule has 0 saturated heterocycles. The summed E-state index contributed by atoms with van der Waals surface area (Å²) < 4.78 is 5.88. The summed E-state index contributed by atoms with van der Waals surface area (Å²) >= 11 is 0. The predicted octanol–water partition coefficient (Wildman–Crippen LogP) is 3.92. The highest BCUT2D eigenvalue weighted by Gasteiger charge is 2.20. The quantitative estimate of drug-likeness (QED) is 0.769. The second kappa shape index (κ2) is 6.38. The van der Waals surface area contributed by atoms with Gasteiger partial charge in [0.2, 0.25) is 0 Å². The van der Waals surface area contributed by atoms with Gasteiger partial charge in [0.05, 0.1) is 12.6 Å². The first kappa shape index (κ1) is 13.6. The van der Waals surface area contributed by atoms with E-state index >= 15 is 0 Å². The molecule has 1 atom stereocenters. The van der Waals surface area contributed by atoms with Crippen molar-refractivity contribution >= 4 is 10.8 Å². The third-order valence-electron chi connectivity index (χ3n) is 4.20. The molecule has 0 radical (unpaired) electrons. The minimum absolute atomic E-state index is 0.264. The van der Waals surface area contributed by atoms with Crippen LogP contribution in [0.25, 0.3) is 10.8 Å². The summed E-state index contributed by atoms with van der Waals surface area (Å²) in [6, 6.07) is 15.3. The number of benzene rings is 2. The Morgan fingerprint density at radius 2 is 1.95 bits per heavy atom. The summed E-state index contributed by atoms with van der Waals surface area (Å²) in [5.74, 6) is 0.945. The van der Waals surface area contributed by atoms with E-state index in [1.807, 2.05) is 7.05 Å². The average Bonchev–Trinajstić information content (AvgIpc) is 3.31. The van der Waals surface area contributed by atoms with Crippen molar-refractivity contribution in [1.29, 1.82) is 0 Å². The lowest BCUT2D eigenvalue weighted by atomic mass is 9.99. The van der Waals surface area contributed by atoms with Crippen molar-refractivity contribution in [3.8, 4) is 0 Å². The maximum absolute atomic E-state index is 5.88. The Labute approximate surface area is 121 Å². The van der Waals surface area contributed by atoms with Crippen LogP contribution in [0.4, 0.5) is 0 Å². The summed E-state index contributed by atoms with van der Waals surface area (Å²) in [5.41, 5.74) is 1.33. The molecule has 0 bridgehead atoms. The minimum Gasteiger partial charge on any atom is -0.379 e. The molecule has 1 saturated carbocycles. The lowest BCUT2D eigenvalue weighted by molar-refractivity contribution is 0.108. The molecule has 0 spiro atoms. The Kier molecular flexibility index (Phi) is 4.34. The standard InChI is InChI=1S/C18H23NO/c1-19-18(13-20-12-11-14-9-10-14)17-8-4-6-15-5-2-3-7-16(15)17/h2-8,14,18-19H,9-13H2,1H3. The van der Waals surface area contributed by atoms with Crippen molar-refractivity contribution in [3.63, 3.8) is 0 Å². The van der Waals surface area contributed by atoms with E-state index in [4.69, 9.17) is 4.74 Å². The number of nitrogens with one attached hydrogen (secondary N) is 1. The number of likely N-dealkylation sites (N-methyl/N-ethyl adjacent to an activating group) is 1. The first-order valence-electron chi connectivity index (χ1n) is 7.61. The number of ether oxygens (including phenoxy) is 1. The largest absolute Gasteiger partial charge is 0.379 e. The van der Waals surface area contributed by atoms with Gasteiger partial charge in [0.25, 0.3) is 0 Å². The van der Waals surface area contributed by atoms with E-state index in [9.17, 15) is 0 Å². The first-order chi connectivity index (χ1) is 9.88. The van der Waals surface area contributed by atoms with Gasteiger partial charge in [-0.2, -0.15) is 0 Å². The highest BCUT2D eigenvalue weighted by Crippen LogP contribution is 2.32. The minimum atomic E-state index is 0.264. The van der Waals surface area contributed by atoms with Gasteiger partial charge in [-0.15, -0.1) is 0 Å². The second-order valence-corrected chi connectivity index (χ2v) is 5.72. The molecule has 2 aromatic rings. The van der Waals surface area contributed by atoms with Gasteiger partial charge in [-0.25, -0.2) is 0 Å². The van der Waals surface area contributed by atoms with Crippen LogP contribution in [0.15, 0.2) is 42.5 Å². The Morgan fingerprint density at radius 3 is 2.75 bits per heavy atom.